The van der Waals surface area contributed by atoms with Crippen LogP contribution in [0.3, 0.4) is 0 Å². The van der Waals surface area contributed by atoms with Gasteiger partial charge in [-0.05, 0) is 29.8 Å². The number of anilines is 1. The van der Waals surface area contributed by atoms with Gasteiger partial charge in [0.2, 0.25) is 0 Å². The molecular formula is C13H12ClN3S. The minimum atomic E-state index is 0.286. The van der Waals surface area contributed by atoms with Crippen molar-refractivity contribution in [1.82, 2.24) is 4.98 Å². The average molecular weight is 278 g/mol. The van der Waals surface area contributed by atoms with Crippen LogP contribution in [-0.4, -0.2) is 9.97 Å². The van der Waals surface area contributed by atoms with E-state index in [1.807, 2.05) is 36.4 Å². The van der Waals surface area contributed by atoms with Gasteiger partial charge in [0.1, 0.15) is 10.7 Å². The molecule has 0 aliphatic rings. The van der Waals surface area contributed by atoms with Gasteiger partial charge in [0.15, 0.2) is 0 Å². The third-order valence-electron chi connectivity index (χ3n) is 2.44. The fraction of sp³-hybridized carbons (Fsp3) is 0.0769. The van der Waals surface area contributed by atoms with Crippen molar-refractivity contribution < 1.29 is 0 Å². The number of hydrogen-bond acceptors (Lipinski definition) is 3. The van der Waals surface area contributed by atoms with Crippen LogP contribution in [0.15, 0.2) is 42.6 Å². The van der Waals surface area contributed by atoms with Gasteiger partial charge in [-0.2, -0.15) is 0 Å². The molecule has 1 aromatic heterocycles. The van der Waals surface area contributed by atoms with Crippen molar-refractivity contribution >= 4 is 34.5 Å². The van der Waals surface area contributed by atoms with Crippen molar-refractivity contribution in [3.8, 4) is 0 Å². The highest BCUT2D eigenvalue weighted by atomic mass is 35.5. The summed E-state index contributed by atoms with van der Waals surface area (Å²) < 4.78 is 0. The molecule has 0 aliphatic heterocycles. The van der Waals surface area contributed by atoms with E-state index in [0.717, 1.165) is 16.3 Å². The maximum absolute atomic E-state index is 5.83. The van der Waals surface area contributed by atoms with Crippen LogP contribution in [0.2, 0.25) is 5.02 Å². The van der Waals surface area contributed by atoms with E-state index < -0.39 is 0 Å². The summed E-state index contributed by atoms with van der Waals surface area (Å²) >= 11 is 10.8. The molecule has 1 heterocycles. The summed E-state index contributed by atoms with van der Waals surface area (Å²) in [6, 6.07) is 11.4. The van der Waals surface area contributed by atoms with Crippen LogP contribution in [0.1, 0.15) is 11.3 Å². The number of nitrogens with zero attached hydrogens (tertiary/aromatic N) is 1. The van der Waals surface area contributed by atoms with E-state index in [0.29, 0.717) is 12.2 Å². The van der Waals surface area contributed by atoms with E-state index in [9.17, 15) is 0 Å². The van der Waals surface area contributed by atoms with Gasteiger partial charge in [0.25, 0.3) is 0 Å². The van der Waals surface area contributed by atoms with E-state index in [2.05, 4.69) is 10.3 Å². The molecule has 1 aromatic carbocycles. The zero-order chi connectivity index (χ0) is 13.0. The zero-order valence-electron chi connectivity index (χ0n) is 9.56. The number of halogens is 1. The smallest absolute Gasteiger partial charge is 0.124 e. The van der Waals surface area contributed by atoms with Gasteiger partial charge in [-0.3, -0.25) is 4.98 Å². The van der Waals surface area contributed by atoms with Crippen molar-refractivity contribution in [1.29, 1.82) is 0 Å². The van der Waals surface area contributed by atoms with Gasteiger partial charge in [0.05, 0.1) is 5.69 Å². The van der Waals surface area contributed by atoms with Crippen LogP contribution < -0.4 is 11.1 Å². The summed E-state index contributed by atoms with van der Waals surface area (Å²) in [6.45, 7) is 0.665. The first-order chi connectivity index (χ1) is 8.66. The monoisotopic (exact) mass is 277 g/mol. The molecular weight excluding hydrogens is 266 g/mol. The lowest BCUT2D eigenvalue weighted by molar-refractivity contribution is 1.13. The fourth-order valence-corrected chi connectivity index (χ4v) is 1.83. The first-order valence-corrected chi connectivity index (χ1v) is 6.18. The number of aromatic nitrogens is 1. The first kappa shape index (κ1) is 12.8. The molecule has 0 unspecified atom stereocenters. The second-order valence-electron chi connectivity index (χ2n) is 3.74. The second-order valence-corrected chi connectivity index (χ2v) is 4.62. The number of pyridine rings is 1. The summed E-state index contributed by atoms with van der Waals surface area (Å²) in [5, 5.41) is 3.98. The molecule has 92 valence electrons. The Kier molecular flexibility index (Phi) is 4.12. The predicted octanol–water partition coefficient (Wildman–Crippen LogP) is 2.98. The van der Waals surface area contributed by atoms with Crippen molar-refractivity contribution in [3.05, 3.63) is 58.9 Å². The molecule has 0 atom stereocenters. The lowest BCUT2D eigenvalue weighted by Crippen LogP contribution is -2.15. The number of rotatable bonds is 4. The molecule has 0 radical (unpaired) electrons. The summed E-state index contributed by atoms with van der Waals surface area (Å²) in [6.07, 6.45) is 1.67. The van der Waals surface area contributed by atoms with Crippen LogP contribution in [0.4, 0.5) is 5.69 Å². The van der Waals surface area contributed by atoms with E-state index in [1.165, 1.54) is 0 Å². The molecule has 0 bridgehead atoms. The number of benzene rings is 1. The van der Waals surface area contributed by atoms with Crippen LogP contribution in [0.25, 0.3) is 0 Å². The normalized spacial score (nSPS) is 10.1. The minimum absolute atomic E-state index is 0.286. The fourth-order valence-electron chi connectivity index (χ4n) is 1.54. The molecule has 0 amide bonds. The Morgan fingerprint density at radius 3 is 2.67 bits per heavy atom. The van der Waals surface area contributed by atoms with Gasteiger partial charge in [-0.15, -0.1) is 0 Å². The van der Waals surface area contributed by atoms with E-state index in [-0.39, 0.29) is 4.99 Å². The lowest BCUT2D eigenvalue weighted by Gasteiger charge is -2.10. The second kappa shape index (κ2) is 5.80. The Labute approximate surface area is 116 Å². The summed E-state index contributed by atoms with van der Waals surface area (Å²) in [7, 11) is 0. The zero-order valence-corrected chi connectivity index (χ0v) is 11.1. The molecule has 5 heteroatoms. The summed E-state index contributed by atoms with van der Waals surface area (Å²) in [5.74, 6) is 0. The number of nitrogens with two attached hydrogens (primary N) is 1. The van der Waals surface area contributed by atoms with Crippen LogP contribution in [-0.2, 0) is 6.54 Å². The molecule has 3 nitrogen and oxygen atoms in total. The standard InChI is InChI=1S/C13H12ClN3S/c14-10-5-3-9(4-6-10)8-17-11-2-1-7-16-12(11)13(15)18/h1-7,17H,8H2,(H2,15,18). The number of hydrogen-bond donors (Lipinski definition) is 2. The Balaban J connectivity index is 2.10. The molecule has 2 aromatic rings. The van der Waals surface area contributed by atoms with Crippen molar-refractivity contribution in [2.45, 2.75) is 6.54 Å². The van der Waals surface area contributed by atoms with Gasteiger partial charge in [0, 0.05) is 17.8 Å². The molecule has 0 spiro atoms. The van der Waals surface area contributed by atoms with Gasteiger partial charge < -0.3 is 11.1 Å². The Morgan fingerprint density at radius 2 is 2.00 bits per heavy atom. The van der Waals surface area contributed by atoms with Crippen molar-refractivity contribution in [3.63, 3.8) is 0 Å². The van der Waals surface area contributed by atoms with E-state index >= 15 is 0 Å². The summed E-state index contributed by atoms with van der Waals surface area (Å²) in [5.41, 5.74) is 8.18. The Hall–Kier alpha value is -1.65. The van der Waals surface area contributed by atoms with Crippen molar-refractivity contribution in [2.75, 3.05) is 5.32 Å². The molecule has 0 fully saturated rings. The average Bonchev–Trinajstić information content (AvgIpc) is 2.38. The third kappa shape index (κ3) is 3.18. The Morgan fingerprint density at radius 1 is 1.28 bits per heavy atom. The molecule has 0 saturated carbocycles. The highest BCUT2D eigenvalue weighted by molar-refractivity contribution is 7.80. The van der Waals surface area contributed by atoms with Crippen LogP contribution in [0, 0.1) is 0 Å². The molecule has 0 aliphatic carbocycles. The highest BCUT2D eigenvalue weighted by Gasteiger charge is 2.05. The van der Waals surface area contributed by atoms with E-state index in [1.54, 1.807) is 6.20 Å². The third-order valence-corrected chi connectivity index (χ3v) is 2.88. The highest BCUT2D eigenvalue weighted by Crippen LogP contribution is 2.15. The maximum Gasteiger partial charge on any atom is 0.124 e. The van der Waals surface area contributed by atoms with Gasteiger partial charge in [-0.25, -0.2) is 0 Å². The van der Waals surface area contributed by atoms with E-state index in [4.69, 9.17) is 29.6 Å². The van der Waals surface area contributed by atoms with Gasteiger partial charge in [-0.1, -0.05) is 36.0 Å². The Bertz CT molecular complexity index is 554. The van der Waals surface area contributed by atoms with Gasteiger partial charge >= 0.3 is 0 Å². The van der Waals surface area contributed by atoms with Crippen LogP contribution >= 0.6 is 23.8 Å². The lowest BCUT2D eigenvalue weighted by atomic mass is 10.2. The molecule has 2 rings (SSSR count). The largest absolute Gasteiger partial charge is 0.388 e. The SMILES string of the molecule is NC(=S)c1ncccc1NCc1ccc(Cl)cc1. The quantitative estimate of drug-likeness (QED) is 0.844. The first-order valence-electron chi connectivity index (χ1n) is 5.40. The summed E-state index contributed by atoms with van der Waals surface area (Å²) in [4.78, 5) is 4.44. The topological polar surface area (TPSA) is 50.9 Å². The van der Waals surface area contributed by atoms with Crippen LogP contribution in [0.5, 0.6) is 0 Å². The van der Waals surface area contributed by atoms with Crippen molar-refractivity contribution in [2.24, 2.45) is 5.73 Å². The molecule has 0 saturated heterocycles. The molecule has 3 N–H and O–H groups in total. The molecule has 18 heavy (non-hydrogen) atoms. The maximum atomic E-state index is 5.83. The number of thiocarbonyl (C=S) groups is 1. The number of nitrogens with one attached hydrogen (secondary N) is 1. The predicted molar refractivity (Wildman–Crippen MR) is 78.9 cm³/mol. The minimum Gasteiger partial charge on any atom is -0.388 e.